The first kappa shape index (κ1) is 8.13. The minimum absolute atomic E-state index is 0.347. The van der Waals surface area contributed by atoms with Gasteiger partial charge in [0, 0.05) is 6.20 Å². The van der Waals surface area contributed by atoms with Crippen LogP contribution < -0.4 is 0 Å². The summed E-state index contributed by atoms with van der Waals surface area (Å²) in [6.45, 7) is 1.65. The zero-order chi connectivity index (χ0) is 8.43. The number of thiol groups is 1. The van der Waals surface area contributed by atoms with E-state index in [1.165, 1.54) is 12.3 Å². The van der Waals surface area contributed by atoms with Crippen LogP contribution in [0.2, 0.25) is 0 Å². The first-order valence-corrected chi connectivity index (χ1v) is 4.05. The van der Waals surface area contributed by atoms with E-state index in [9.17, 15) is 12.8 Å². The van der Waals surface area contributed by atoms with Crippen molar-refractivity contribution in [1.29, 1.82) is 0 Å². The summed E-state index contributed by atoms with van der Waals surface area (Å²) in [7, 11) is -2.87. The van der Waals surface area contributed by atoms with Gasteiger partial charge in [0.25, 0.3) is 0 Å². The van der Waals surface area contributed by atoms with Gasteiger partial charge in [-0.15, -0.1) is 0 Å². The Hall–Kier alpha value is -0.970. The van der Waals surface area contributed by atoms with Crippen LogP contribution in [-0.2, 0) is 10.7 Å². The van der Waals surface area contributed by atoms with Gasteiger partial charge in [-0.2, -0.15) is 4.39 Å². The smallest absolute Gasteiger partial charge is 0.227 e. The average molecular weight is 175 g/mol. The van der Waals surface area contributed by atoms with Crippen molar-refractivity contribution in [2.45, 2.75) is 11.8 Å². The van der Waals surface area contributed by atoms with Crippen LogP contribution in [0.5, 0.6) is 0 Å². The molecule has 11 heavy (non-hydrogen) atoms. The standard InChI is InChI=1S/C6H6FNO2S/c1-4-2-5(11(9)10)6(7)8-3-4/h2-3,11H,1H3. The molecule has 0 aliphatic heterocycles. The lowest BCUT2D eigenvalue weighted by atomic mass is 10.3. The fourth-order valence-electron chi connectivity index (χ4n) is 0.665. The Morgan fingerprint density at radius 2 is 2.18 bits per heavy atom. The lowest BCUT2D eigenvalue weighted by Crippen LogP contribution is -1.92. The number of hydrogen-bond acceptors (Lipinski definition) is 3. The summed E-state index contributed by atoms with van der Waals surface area (Å²) in [6, 6.07) is 1.24. The number of halogens is 1. The van der Waals surface area contributed by atoms with Gasteiger partial charge in [0.2, 0.25) is 5.95 Å². The largest absolute Gasteiger partial charge is 0.231 e. The van der Waals surface area contributed by atoms with Crippen LogP contribution in [0.1, 0.15) is 5.56 Å². The second-order valence-corrected chi connectivity index (χ2v) is 3.08. The molecule has 1 aromatic rings. The predicted octanol–water partition coefficient (Wildman–Crippen LogP) is 0.499. The van der Waals surface area contributed by atoms with E-state index in [-0.39, 0.29) is 4.90 Å². The number of rotatable bonds is 1. The van der Waals surface area contributed by atoms with E-state index in [1.807, 2.05) is 0 Å². The highest BCUT2D eigenvalue weighted by Gasteiger charge is 2.04. The topological polar surface area (TPSA) is 47.0 Å². The van der Waals surface area contributed by atoms with Crippen molar-refractivity contribution in [3.8, 4) is 0 Å². The van der Waals surface area contributed by atoms with Crippen molar-refractivity contribution in [3.05, 3.63) is 23.8 Å². The highest BCUT2D eigenvalue weighted by Crippen LogP contribution is 2.07. The van der Waals surface area contributed by atoms with Gasteiger partial charge >= 0.3 is 0 Å². The molecule has 0 aliphatic carbocycles. The molecule has 0 saturated heterocycles. The van der Waals surface area contributed by atoms with Gasteiger partial charge in [0.1, 0.15) is 4.90 Å². The maximum Gasteiger partial charge on any atom is 0.231 e. The van der Waals surface area contributed by atoms with Gasteiger partial charge in [-0.3, -0.25) is 0 Å². The molecule has 1 heterocycles. The van der Waals surface area contributed by atoms with Crippen LogP contribution in [0.3, 0.4) is 0 Å². The van der Waals surface area contributed by atoms with Gasteiger partial charge < -0.3 is 0 Å². The molecule has 0 unspecified atom stereocenters. The van der Waals surface area contributed by atoms with Gasteiger partial charge in [-0.1, -0.05) is 0 Å². The Balaban J connectivity index is 3.35. The van der Waals surface area contributed by atoms with Crippen molar-refractivity contribution >= 4 is 10.7 Å². The first-order chi connectivity index (χ1) is 5.11. The Bertz CT molecular complexity index is 340. The molecule has 0 saturated carbocycles. The third kappa shape index (κ3) is 1.74. The number of nitrogens with zero attached hydrogens (tertiary/aromatic N) is 1. The maximum absolute atomic E-state index is 12.5. The van der Waals surface area contributed by atoms with Gasteiger partial charge in [-0.05, 0) is 18.6 Å². The Labute approximate surface area is 64.8 Å². The van der Waals surface area contributed by atoms with Gasteiger partial charge in [-0.25, -0.2) is 13.4 Å². The molecule has 0 atom stereocenters. The molecule has 1 rings (SSSR count). The maximum atomic E-state index is 12.5. The summed E-state index contributed by atoms with van der Waals surface area (Å²) in [4.78, 5) is 2.90. The van der Waals surface area contributed by atoms with E-state index in [2.05, 4.69) is 4.98 Å². The quantitative estimate of drug-likeness (QED) is 0.499. The molecule has 5 heteroatoms. The second-order valence-electron chi connectivity index (χ2n) is 2.08. The number of aryl methyl sites for hydroxylation is 1. The fraction of sp³-hybridized carbons (Fsp3) is 0.167. The average Bonchev–Trinajstić information content (AvgIpc) is 1.94. The zero-order valence-electron chi connectivity index (χ0n) is 5.74. The molecule has 0 spiro atoms. The summed E-state index contributed by atoms with van der Waals surface area (Å²) < 4.78 is 33.2. The van der Waals surface area contributed by atoms with Crippen LogP contribution in [0.4, 0.5) is 4.39 Å². The lowest BCUT2D eigenvalue weighted by molar-refractivity contribution is 0.543. The van der Waals surface area contributed by atoms with Crippen molar-refractivity contribution in [2.24, 2.45) is 0 Å². The third-order valence-corrected chi connectivity index (χ3v) is 1.86. The summed E-state index contributed by atoms with van der Waals surface area (Å²) in [5.74, 6) is -0.938. The zero-order valence-corrected chi connectivity index (χ0v) is 6.64. The molecule has 0 radical (unpaired) electrons. The van der Waals surface area contributed by atoms with E-state index < -0.39 is 16.7 Å². The molecule has 0 amide bonds. The molecule has 0 N–H and O–H groups in total. The highest BCUT2D eigenvalue weighted by atomic mass is 32.2. The van der Waals surface area contributed by atoms with Crippen molar-refractivity contribution in [1.82, 2.24) is 4.98 Å². The third-order valence-electron chi connectivity index (χ3n) is 1.15. The minimum atomic E-state index is -2.87. The van der Waals surface area contributed by atoms with E-state index >= 15 is 0 Å². The number of aromatic nitrogens is 1. The van der Waals surface area contributed by atoms with E-state index in [0.717, 1.165) is 0 Å². The predicted molar refractivity (Wildman–Crippen MR) is 37.5 cm³/mol. The van der Waals surface area contributed by atoms with Crippen LogP contribution in [0.25, 0.3) is 0 Å². The van der Waals surface area contributed by atoms with Gasteiger partial charge in [0.05, 0.1) is 0 Å². The molecular weight excluding hydrogens is 169 g/mol. The molecule has 1 aromatic heterocycles. The van der Waals surface area contributed by atoms with Crippen LogP contribution in [-0.4, -0.2) is 13.4 Å². The van der Waals surface area contributed by atoms with E-state index in [4.69, 9.17) is 0 Å². The molecule has 60 valence electrons. The fourth-order valence-corrected chi connectivity index (χ4v) is 1.18. The Morgan fingerprint density at radius 1 is 1.55 bits per heavy atom. The summed E-state index contributed by atoms with van der Waals surface area (Å²) >= 11 is 0. The molecule has 0 aromatic carbocycles. The van der Waals surface area contributed by atoms with Crippen molar-refractivity contribution in [3.63, 3.8) is 0 Å². The minimum Gasteiger partial charge on any atom is -0.227 e. The summed E-state index contributed by atoms with van der Waals surface area (Å²) in [6.07, 6.45) is 1.28. The Kier molecular flexibility index (Phi) is 2.19. The van der Waals surface area contributed by atoms with Crippen LogP contribution >= 0.6 is 0 Å². The second kappa shape index (κ2) is 2.96. The molecule has 3 nitrogen and oxygen atoms in total. The van der Waals surface area contributed by atoms with E-state index in [0.29, 0.717) is 5.56 Å². The summed E-state index contributed by atoms with van der Waals surface area (Å²) in [5, 5.41) is 0. The SMILES string of the molecule is Cc1cnc(F)c([SH](=O)=O)c1. The van der Waals surface area contributed by atoms with Crippen molar-refractivity contribution < 1.29 is 12.8 Å². The van der Waals surface area contributed by atoms with Gasteiger partial charge in [0.15, 0.2) is 10.7 Å². The highest BCUT2D eigenvalue weighted by molar-refractivity contribution is 7.72. The van der Waals surface area contributed by atoms with Crippen LogP contribution in [0.15, 0.2) is 17.2 Å². The first-order valence-electron chi connectivity index (χ1n) is 2.88. The van der Waals surface area contributed by atoms with Crippen LogP contribution in [0, 0.1) is 12.9 Å². The normalized spacial score (nSPS) is 10.5. The molecule has 0 fully saturated rings. The molecular formula is C6H6FNO2S. The monoisotopic (exact) mass is 175 g/mol. The lowest BCUT2D eigenvalue weighted by Gasteiger charge is -1.93. The van der Waals surface area contributed by atoms with E-state index in [1.54, 1.807) is 6.92 Å². The molecule has 0 aliphatic rings. The summed E-state index contributed by atoms with van der Waals surface area (Å²) in [5.41, 5.74) is 0.626. The number of pyridine rings is 1. The van der Waals surface area contributed by atoms with Crippen molar-refractivity contribution in [2.75, 3.05) is 0 Å². The Morgan fingerprint density at radius 3 is 2.64 bits per heavy atom. The number of hydrogen-bond donors (Lipinski definition) is 1. The molecule has 0 bridgehead atoms.